The van der Waals surface area contributed by atoms with E-state index in [-0.39, 0.29) is 0 Å². The van der Waals surface area contributed by atoms with E-state index in [1.807, 2.05) is 10.5 Å². The van der Waals surface area contributed by atoms with Crippen LogP contribution in [0.25, 0.3) is 0 Å². The lowest BCUT2D eigenvalue weighted by atomic mass is 10.7. The highest BCUT2D eigenvalue weighted by molar-refractivity contribution is 7.20. The Kier molecular flexibility index (Phi) is 2.10. The molecule has 0 saturated carbocycles. The van der Waals surface area contributed by atoms with E-state index in [1.165, 1.54) is 0 Å². The molecule has 1 heterocycles. The minimum atomic E-state index is 0.809. The second kappa shape index (κ2) is 2.66. The van der Waals surface area contributed by atoms with Crippen LogP contribution in [0.1, 0.15) is 0 Å². The second-order valence-corrected chi connectivity index (χ2v) is 2.50. The van der Waals surface area contributed by atoms with Crippen LogP contribution in [-0.4, -0.2) is 17.8 Å². The van der Waals surface area contributed by atoms with Crippen LogP contribution in [0, 0.1) is 0 Å². The van der Waals surface area contributed by atoms with Crippen LogP contribution >= 0.6 is 18.6 Å². The first kappa shape index (κ1) is 6.32. The van der Waals surface area contributed by atoms with Crippen molar-refractivity contribution >= 4 is 18.6 Å². The summed E-state index contributed by atoms with van der Waals surface area (Å²) in [5, 5.41) is 0. The Morgan fingerprint density at radius 1 is 1.75 bits per heavy atom. The zero-order chi connectivity index (χ0) is 5.98. The van der Waals surface area contributed by atoms with E-state index in [4.69, 9.17) is 4.74 Å². The summed E-state index contributed by atoms with van der Waals surface area (Å²) in [6.45, 7) is 1.79. The maximum absolute atomic E-state index is 5.16. The predicted octanol–water partition coefficient (Wildman–Crippen LogP) is 0.783. The Bertz CT molecular complexity index is 115. The largest absolute Gasteiger partial charge is 0.477 e. The average molecular weight is 149 g/mol. The highest BCUT2D eigenvalue weighted by Gasteiger charge is 2.11. The van der Waals surface area contributed by atoms with Gasteiger partial charge in [0, 0.05) is 0 Å². The first-order chi connectivity index (χ1) is 3.84. The number of hydrogen-bond donors (Lipinski definition) is 0. The molecule has 1 rings (SSSR count). The van der Waals surface area contributed by atoms with Crippen LogP contribution in [0.2, 0.25) is 0 Å². The van der Waals surface area contributed by atoms with Gasteiger partial charge in [-0.2, -0.15) is 0 Å². The van der Waals surface area contributed by atoms with Gasteiger partial charge >= 0.3 is 0 Å². The fourth-order valence-corrected chi connectivity index (χ4v) is 1.31. The van der Waals surface area contributed by atoms with Gasteiger partial charge < -0.3 is 9.41 Å². The van der Waals surface area contributed by atoms with E-state index in [2.05, 4.69) is 18.6 Å². The number of rotatable bonds is 0. The third-order valence-electron chi connectivity index (χ3n) is 1.01. The minimum Gasteiger partial charge on any atom is -0.477 e. The summed E-state index contributed by atoms with van der Waals surface area (Å²) >= 11 is 0. The van der Waals surface area contributed by atoms with E-state index in [0.717, 1.165) is 19.0 Å². The minimum absolute atomic E-state index is 0.809. The number of ether oxygens (including phenoxy) is 1. The number of hydrogen-bond acceptors (Lipinski definition) is 2. The topological polar surface area (TPSA) is 12.5 Å². The van der Waals surface area contributed by atoms with E-state index in [9.17, 15) is 0 Å². The van der Waals surface area contributed by atoms with Gasteiger partial charge in [0.2, 0.25) is 0 Å². The van der Waals surface area contributed by atoms with E-state index in [1.54, 1.807) is 0 Å². The average Bonchev–Trinajstić information content (AvgIpc) is 2.14. The zero-order valence-electron chi connectivity index (χ0n) is 4.50. The van der Waals surface area contributed by atoms with Crippen LogP contribution in [0.5, 0.6) is 0 Å². The lowest BCUT2D eigenvalue weighted by molar-refractivity contribution is 0.258. The molecule has 0 bridgehead atoms. The van der Waals surface area contributed by atoms with Gasteiger partial charge in [0.1, 0.15) is 6.61 Å². The number of nitrogens with zero attached hydrogens (tertiary/aromatic N) is 1. The molecule has 0 radical (unpaired) electrons. The highest BCUT2D eigenvalue weighted by Crippen LogP contribution is 2.18. The standard InChI is InChI=1S/C4H9NOP2/c7-3-4-5(8)1-2-6-4/h3H,1-2,7-8H2/b4-3+. The van der Waals surface area contributed by atoms with Crippen LogP contribution < -0.4 is 0 Å². The third-order valence-corrected chi connectivity index (χ3v) is 1.81. The summed E-state index contributed by atoms with van der Waals surface area (Å²) in [6.07, 6.45) is 0. The Labute approximate surface area is 53.7 Å². The maximum Gasteiger partial charge on any atom is 0.192 e. The van der Waals surface area contributed by atoms with Crippen molar-refractivity contribution in [3.8, 4) is 0 Å². The van der Waals surface area contributed by atoms with E-state index in [0.29, 0.717) is 0 Å². The smallest absolute Gasteiger partial charge is 0.192 e. The van der Waals surface area contributed by atoms with Gasteiger partial charge in [0.25, 0.3) is 0 Å². The molecule has 0 aromatic heterocycles. The Hall–Kier alpha value is 0.200. The Morgan fingerprint density at radius 2 is 2.50 bits per heavy atom. The Morgan fingerprint density at radius 3 is 2.75 bits per heavy atom. The molecule has 4 heteroatoms. The molecule has 2 atom stereocenters. The molecular formula is C4H9NOP2. The monoisotopic (exact) mass is 149 g/mol. The van der Waals surface area contributed by atoms with Crippen LogP contribution in [0.4, 0.5) is 0 Å². The zero-order valence-corrected chi connectivity index (χ0v) is 6.81. The van der Waals surface area contributed by atoms with Crippen molar-refractivity contribution in [1.82, 2.24) is 4.67 Å². The molecule has 0 aliphatic carbocycles. The molecular weight excluding hydrogens is 140 g/mol. The maximum atomic E-state index is 5.16. The highest BCUT2D eigenvalue weighted by atomic mass is 31.0. The van der Waals surface area contributed by atoms with Crippen LogP contribution in [-0.2, 0) is 4.74 Å². The molecule has 0 amide bonds. The first-order valence-corrected chi connectivity index (χ1v) is 3.60. The predicted molar refractivity (Wildman–Crippen MR) is 40.2 cm³/mol. The summed E-state index contributed by atoms with van der Waals surface area (Å²) < 4.78 is 7.15. The van der Waals surface area contributed by atoms with Crippen molar-refractivity contribution in [2.24, 2.45) is 0 Å². The van der Waals surface area contributed by atoms with Crippen LogP contribution in [0.15, 0.2) is 11.7 Å². The van der Waals surface area contributed by atoms with Gasteiger partial charge in [-0.25, -0.2) is 0 Å². The molecule has 0 spiro atoms. The van der Waals surface area contributed by atoms with Gasteiger partial charge in [0.15, 0.2) is 5.88 Å². The summed E-state index contributed by atoms with van der Waals surface area (Å²) in [6, 6.07) is 0. The lowest BCUT2D eigenvalue weighted by Gasteiger charge is -2.06. The summed E-state index contributed by atoms with van der Waals surface area (Å²) in [7, 11) is 5.09. The van der Waals surface area contributed by atoms with Crippen molar-refractivity contribution in [2.45, 2.75) is 0 Å². The quantitative estimate of drug-likeness (QED) is 0.472. The molecule has 0 aromatic carbocycles. The fourth-order valence-electron chi connectivity index (χ4n) is 0.586. The summed E-state index contributed by atoms with van der Waals surface area (Å²) in [5.74, 6) is 2.81. The SMILES string of the molecule is P/C=C1/OCCN1P. The van der Waals surface area contributed by atoms with E-state index >= 15 is 0 Å². The van der Waals surface area contributed by atoms with Gasteiger partial charge in [-0.1, -0.05) is 0 Å². The van der Waals surface area contributed by atoms with Crippen molar-refractivity contribution in [3.05, 3.63) is 11.7 Å². The fraction of sp³-hybridized carbons (Fsp3) is 0.500. The van der Waals surface area contributed by atoms with Crippen molar-refractivity contribution in [2.75, 3.05) is 13.2 Å². The van der Waals surface area contributed by atoms with Crippen LogP contribution in [0.3, 0.4) is 0 Å². The van der Waals surface area contributed by atoms with E-state index < -0.39 is 0 Å². The first-order valence-electron chi connectivity index (χ1n) is 2.41. The molecule has 2 nitrogen and oxygen atoms in total. The van der Waals surface area contributed by atoms with Crippen molar-refractivity contribution < 1.29 is 4.74 Å². The molecule has 1 saturated heterocycles. The van der Waals surface area contributed by atoms with Crippen molar-refractivity contribution in [3.63, 3.8) is 0 Å². The molecule has 0 N–H and O–H groups in total. The molecule has 0 aromatic rings. The summed E-state index contributed by atoms with van der Waals surface area (Å²) in [4.78, 5) is 0. The van der Waals surface area contributed by atoms with Gasteiger partial charge in [0.05, 0.1) is 6.54 Å². The van der Waals surface area contributed by atoms with Crippen molar-refractivity contribution in [1.29, 1.82) is 0 Å². The van der Waals surface area contributed by atoms with Gasteiger partial charge in [-0.15, -0.1) is 9.24 Å². The third kappa shape index (κ3) is 1.13. The molecule has 1 fully saturated rings. The second-order valence-electron chi connectivity index (χ2n) is 1.55. The van der Waals surface area contributed by atoms with Gasteiger partial charge in [-0.3, -0.25) is 0 Å². The molecule has 2 unspecified atom stereocenters. The van der Waals surface area contributed by atoms with Gasteiger partial charge in [-0.05, 0) is 15.2 Å². The molecule has 1 aliphatic heterocycles. The Balaban J connectivity index is 2.55. The lowest BCUT2D eigenvalue weighted by Crippen LogP contribution is -2.01. The normalized spacial score (nSPS) is 24.2. The summed E-state index contributed by atoms with van der Waals surface area (Å²) in [5.41, 5.74) is 0. The molecule has 46 valence electrons. The molecule has 1 aliphatic rings. The molecule has 8 heavy (non-hydrogen) atoms.